The van der Waals surface area contributed by atoms with Crippen LogP contribution in [0.3, 0.4) is 0 Å². The van der Waals surface area contributed by atoms with Crippen LogP contribution < -0.4 is 4.74 Å². The maximum atomic E-state index is 12.4. The van der Waals surface area contributed by atoms with Gasteiger partial charge >= 0.3 is 5.97 Å². The Morgan fingerprint density at radius 2 is 1.86 bits per heavy atom. The molecule has 2 aromatic carbocycles. The molecule has 3 fully saturated rings. The number of rotatable bonds is 5. The maximum Gasteiger partial charge on any atom is 0.316 e. The summed E-state index contributed by atoms with van der Waals surface area (Å²) in [6.45, 7) is 4.05. The lowest BCUT2D eigenvalue weighted by molar-refractivity contribution is -0.155. The molecule has 0 saturated carbocycles. The average Bonchev–Trinajstić information content (AvgIpc) is 3.47. The van der Waals surface area contributed by atoms with Crippen LogP contribution in [0, 0.1) is 11.3 Å². The Hall–Kier alpha value is -3.45. The summed E-state index contributed by atoms with van der Waals surface area (Å²) in [5.41, 5.74) is 1.26. The molecule has 0 aliphatic carbocycles. The first-order chi connectivity index (χ1) is 20.1. The number of aliphatic hydroxyl groups is 2. The number of aliphatic hydroxyl groups excluding tert-OH is 2. The van der Waals surface area contributed by atoms with Gasteiger partial charge in [-0.15, -0.1) is 0 Å². The Labute approximate surface area is 247 Å². The smallest absolute Gasteiger partial charge is 0.316 e. The van der Waals surface area contributed by atoms with Crippen molar-refractivity contribution in [2.45, 2.75) is 94.2 Å². The van der Waals surface area contributed by atoms with E-state index in [0.29, 0.717) is 36.4 Å². The molecule has 2 N–H and O–H groups in total. The van der Waals surface area contributed by atoms with Gasteiger partial charge in [-0.3, -0.25) is 9.59 Å². The van der Waals surface area contributed by atoms with Crippen LogP contribution in [0.2, 0.25) is 0 Å². The number of nitrogens with zero attached hydrogens (tertiary/aromatic N) is 3. The predicted molar refractivity (Wildman–Crippen MR) is 156 cm³/mol. The first kappa shape index (κ1) is 30.0. The predicted octanol–water partition coefficient (Wildman–Crippen LogP) is 3.68. The SMILES string of the molecule is CC1(C)Oc2ccc(C#N)cc2[C@H](N2CCCC2=O)[C@H]1O.CN1[C@@H]2CC[C@H]1CC(OC(=O)C(CO)c1ccccc1)C2. The molecular formula is C33H41N3O6. The highest BCUT2D eigenvalue weighted by molar-refractivity contribution is 5.79. The topological polar surface area (TPSA) is 123 Å². The maximum absolute atomic E-state index is 12.4. The van der Waals surface area contributed by atoms with Crippen LogP contribution in [-0.2, 0) is 14.3 Å². The molecule has 4 heterocycles. The summed E-state index contributed by atoms with van der Waals surface area (Å²) < 4.78 is 11.6. The van der Waals surface area contributed by atoms with Crippen molar-refractivity contribution in [3.63, 3.8) is 0 Å². The van der Waals surface area contributed by atoms with Crippen LogP contribution in [-0.4, -0.2) is 82.0 Å². The number of ether oxygens (including phenoxy) is 2. The minimum absolute atomic E-state index is 0.00367. The fourth-order valence-electron chi connectivity index (χ4n) is 6.84. The van der Waals surface area contributed by atoms with Crippen LogP contribution in [0.5, 0.6) is 5.75 Å². The monoisotopic (exact) mass is 575 g/mol. The molecular weight excluding hydrogens is 534 g/mol. The van der Waals surface area contributed by atoms with E-state index in [1.807, 2.05) is 44.2 Å². The minimum atomic E-state index is -0.832. The summed E-state index contributed by atoms with van der Waals surface area (Å²) in [7, 11) is 2.17. The fourth-order valence-corrected chi connectivity index (χ4v) is 6.84. The first-order valence-electron chi connectivity index (χ1n) is 14.9. The van der Waals surface area contributed by atoms with Crippen LogP contribution in [0.15, 0.2) is 48.5 Å². The van der Waals surface area contributed by atoms with E-state index in [-0.39, 0.29) is 24.6 Å². The average molecular weight is 576 g/mol. The minimum Gasteiger partial charge on any atom is -0.485 e. The number of nitriles is 1. The van der Waals surface area contributed by atoms with Crippen molar-refractivity contribution in [1.29, 1.82) is 5.26 Å². The van der Waals surface area contributed by atoms with Gasteiger partial charge in [0.1, 0.15) is 29.5 Å². The Kier molecular flexibility index (Phi) is 8.88. The number of fused-ring (bicyclic) bond motifs is 3. The van der Waals surface area contributed by atoms with E-state index in [1.54, 1.807) is 23.1 Å². The quantitative estimate of drug-likeness (QED) is 0.518. The summed E-state index contributed by atoms with van der Waals surface area (Å²) >= 11 is 0. The molecule has 6 atom stereocenters. The Morgan fingerprint density at radius 3 is 2.45 bits per heavy atom. The molecule has 2 bridgehead atoms. The van der Waals surface area contributed by atoms with Gasteiger partial charge in [0.2, 0.25) is 5.91 Å². The normalized spacial score (nSPS) is 28.5. The lowest BCUT2D eigenvalue weighted by atomic mass is 9.85. The number of carbonyl (C=O) groups excluding carboxylic acids is 2. The third kappa shape index (κ3) is 6.03. The van der Waals surface area contributed by atoms with Crippen LogP contribution in [0.4, 0.5) is 0 Å². The van der Waals surface area contributed by atoms with Gasteiger partial charge in [0.25, 0.3) is 0 Å². The standard InChI is InChI=1S/C17H23NO3.C16H18N2O3/c1-18-13-7-8-14(18)10-15(9-13)21-17(20)16(11-19)12-5-3-2-4-6-12;1-16(2)15(20)14(18-7-3-4-13(18)19)11-8-10(9-17)5-6-12(11)21-16/h2-6,13-16,19H,7-11H2,1H3;5-6,8,14-15,20H,3-4,7H2,1-2H3/t13-,14+,15?,16?;14-,15+/m.0/s1. The van der Waals surface area contributed by atoms with E-state index >= 15 is 0 Å². The molecule has 4 aliphatic heterocycles. The summed E-state index contributed by atoms with van der Waals surface area (Å²) in [6.07, 6.45) is 4.74. The van der Waals surface area contributed by atoms with Crippen molar-refractivity contribution in [1.82, 2.24) is 9.80 Å². The van der Waals surface area contributed by atoms with E-state index in [1.165, 1.54) is 12.8 Å². The summed E-state index contributed by atoms with van der Waals surface area (Å²) in [5.74, 6) is -0.180. The second-order valence-electron chi connectivity index (χ2n) is 12.4. The van der Waals surface area contributed by atoms with E-state index < -0.39 is 23.7 Å². The fraction of sp³-hybridized carbons (Fsp3) is 0.545. The number of hydrogen-bond donors (Lipinski definition) is 2. The molecule has 9 nitrogen and oxygen atoms in total. The Bertz CT molecular complexity index is 1310. The van der Waals surface area contributed by atoms with Gasteiger partial charge in [0.05, 0.1) is 24.3 Å². The lowest BCUT2D eigenvalue weighted by Gasteiger charge is -2.45. The zero-order chi connectivity index (χ0) is 30.0. The van der Waals surface area contributed by atoms with Crippen LogP contribution in [0.1, 0.15) is 81.0 Å². The van der Waals surface area contributed by atoms with E-state index in [4.69, 9.17) is 14.7 Å². The molecule has 9 heteroatoms. The number of amides is 1. The van der Waals surface area contributed by atoms with Gasteiger partial charge in [0.15, 0.2) is 0 Å². The molecule has 4 aliphatic rings. The first-order valence-corrected chi connectivity index (χ1v) is 14.9. The van der Waals surface area contributed by atoms with Gasteiger partial charge in [-0.1, -0.05) is 30.3 Å². The molecule has 224 valence electrons. The zero-order valence-corrected chi connectivity index (χ0v) is 24.6. The number of esters is 1. The third-order valence-corrected chi connectivity index (χ3v) is 9.29. The van der Waals surface area contributed by atoms with Gasteiger partial charge in [-0.25, -0.2) is 0 Å². The Morgan fingerprint density at radius 1 is 1.17 bits per heavy atom. The highest BCUT2D eigenvalue weighted by atomic mass is 16.5. The third-order valence-electron chi connectivity index (χ3n) is 9.29. The molecule has 0 spiro atoms. The van der Waals surface area contributed by atoms with Crippen LogP contribution in [0.25, 0.3) is 0 Å². The summed E-state index contributed by atoms with van der Waals surface area (Å²) in [4.78, 5) is 28.6. The molecule has 3 saturated heterocycles. The van der Waals surface area contributed by atoms with Gasteiger partial charge in [-0.2, -0.15) is 5.26 Å². The van der Waals surface area contributed by atoms with Gasteiger partial charge in [-0.05, 0) is 76.8 Å². The molecule has 2 unspecified atom stereocenters. The second-order valence-corrected chi connectivity index (χ2v) is 12.4. The molecule has 1 amide bonds. The van der Waals surface area contributed by atoms with E-state index in [2.05, 4.69) is 18.0 Å². The van der Waals surface area contributed by atoms with Crippen molar-refractivity contribution in [3.8, 4) is 11.8 Å². The van der Waals surface area contributed by atoms with Crippen molar-refractivity contribution in [2.75, 3.05) is 20.2 Å². The second kappa shape index (κ2) is 12.4. The lowest BCUT2D eigenvalue weighted by Crippen LogP contribution is -2.53. The highest BCUT2D eigenvalue weighted by Gasteiger charge is 2.47. The molecule has 0 aromatic heterocycles. The number of hydrogen-bond acceptors (Lipinski definition) is 8. The summed E-state index contributed by atoms with van der Waals surface area (Å²) in [5, 5.41) is 29.3. The molecule has 6 rings (SSSR count). The van der Waals surface area contributed by atoms with Gasteiger partial charge < -0.3 is 29.5 Å². The van der Waals surface area contributed by atoms with E-state index in [9.17, 15) is 19.8 Å². The Balaban J connectivity index is 0.000000168. The van der Waals surface area contributed by atoms with Crippen LogP contribution >= 0.6 is 0 Å². The zero-order valence-electron chi connectivity index (χ0n) is 24.6. The molecule has 42 heavy (non-hydrogen) atoms. The number of carbonyl (C=O) groups is 2. The number of likely N-dealkylation sites (tertiary alicyclic amines) is 1. The largest absolute Gasteiger partial charge is 0.485 e. The van der Waals surface area contributed by atoms with Crippen molar-refractivity contribution >= 4 is 11.9 Å². The van der Waals surface area contributed by atoms with E-state index in [0.717, 1.165) is 30.4 Å². The number of benzene rings is 2. The van der Waals surface area contributed by atoms with Crippen molar-refractivity contribution in [3.05, 3.63) is 65.2 Å². The van der Waals surface area contributed by atoms with Gasteiger partial charge in [0, 0.05) is 30.6 Å². The number of piperidine rings is 1. The highest BCUT2D eigenvalue weighted by Crippen LogP contribution is 2.44. The molecule has 2 aromatic rings. The molecule has 0 radical (unpaired) electrons. The van der Waals surface area contributed by atoms with Crippen molar-refractivity contribution in [2.24, 2.45) is 0 Å². The van der Waals surface area contributed by atoms with Crippen molar-refractivity contribution < 1.29 is 29.3 Å². The summed E-state index contributed by atoms with van der Waals surface area (Å²) in [6, 6.07) is 17.3.